The van der Waals surface area contributed by atoms with E-state index in [1.165, 1.54) is 0 Å². The van der Waals surface area contributed by atoms with Crippen molar-refractivity contribution in [2.24, 2.45) is 0 Å². The normalized spacial score (nSPS) is 14.6. The number of carbonyl (C=O) groups excluding carboxylic acids is 1. The van der Waals surface area contributed by atoms with Crippen molar-refractivity contribution >= 4 is 34.9 Å². The van der Waals surface area contributed by atoms with Crippen molar-refractivity contribution < 1.29 is 9.53 Å². The van der Waals surface area contributed by atoms with Gasteiger partial charge in [-0.05, 0) is 29.8 Å². The highest BCUT2D eigenvalue weighted by molar-refractivity contribution is 6.31. The monoisotopic (exact) mass is 410 g/mol. The molecule has 1 aliphatic rings. The van der Waals surface area contributed by atoms with Gasteiger partial charge < -0.3 is 14.5 Å². The molecule has 1 aliphatic heterocycles. The summed E-state index contributed by atoms with van der Waals surface area (Å²) in [6.45, 7) is 3.71. The summed E-state index contributed by atoms with van der Waals surface area (Å²) in [4.78, 5) is 21.0. The number of nitrogens with zero attached hydrogens (tertiary/aromatic N) is 4. The molecule has 6 nitrogen and oxygen atoms in total. The third-order valence-electron chi connectivity index (χ3n) is 5.03. The molecule has 0 saturated carbocycles. The van der Waals surface area contributed by atoms with Gasteiger partial charge in [-0.3, -0.25) is 9.20 Å². The quantitative estimate of drug-likeness (QED) is 0.604. The van der Waals surface area contributed by atoms with E-state index in [9.17, 15) is 4.79 Å². The molecule has 1 saturated heterocycles. The second-order valence-electron chi connectivity index (χ2n) is 6.97. The molecule has 3 aromatic rings. The molecule has 3 heterocycles. The van der Waals surface area contributed by atoms with Crippen molar-refractivity contribution in [3.05, 3.63) is 71.1 Å². The van der Waals surface area contributed by atoms with Crippen LogP contribution < -0.4 is 4.90 Å². The molecular weight excluding hydrogens is 388 g/mol. The van der Waals surface area contributed by atoms with E-state index in [0.29, 0.717) is 17.4 Å². The lowest BCUT2D eigenvalue weighted by Gasteiger charge is -2.31. The van der Waals surface area contributed by atoms with E-state index in [2.05, 4.69) is 22.0 Å². The van der Waals surface area contributed by atoms with Crippen LogP contribution in [0.1, 0.15) is 11.3 Å². The Morgan fingerprint density at radius 3 is 2.79 bits per heavy atom. The molecular formula is C22H23ClN4O2. The van der Waals surface area contributed by atoms with Gasteiger partial charge >= 0.3 is 0 Å². The lowest BCUT2D eigenvalue weighted by Crippen LogP contribution is -2.37. The van der Waals surface area contributed by atoms with Gasteiger partial charge in [0.05, 0.1) is 18.9 Å². The molecule has 0 bridgehead atoms. The first kappa shape index (κ1) is 19.5. The minimum absolute atomic E-state index is 0.0938. The average Bonchev–Trinajstić information content (AvgIpc) is 3.08. The molecule has 7 heteroatoms. The van der Waals surface area contributed by atoms with Crippen LogP contribution in [0.4, 0.5) is 5.69 Å². The Labute approximate surface area is 175 Å². The van der Waals surface area contributed by atoms with Crippen LogP contribution in [0.3, 0.4) is 0 Å². The lowest BCUT2D eigenvalue weighted by molar-refractivity contribution is -0.125. The molecule has 0 unspecified atom stereocenters. The van der Waals surface area contributed by atoms with Gasteiger partial charge in [0.2, 0.25) is 5.91 Å². The minimum Gasteiger partial charge on any atom is -0.378 e. The molecule has 29 heavy (non-hydrogen) atoms. The number of amides is 1. The minimum atomic E-state index is -0.0938. The predicted molar refractivity (Wildman–Crippen MR) is 115 cm³/mol. The topological polar surface area (TPSA) is 50.1 Å². The van der Waals surface area contributed by atoms with Gasteiger partial charge in [-0.1, -0.05) is 35.9 Å². The number of hydrogen-bond donors (Lipinski definition) is 0. The van der Waals surface area contributed by atoms with Crippen molar-refractivity contribution in [1.82, 2.24) is 14.3 Å². The summed E-state index contributed by atoms with van der Waals surface area (Å²) >= 11 is 6.24. The van der Waals surface area contributed by atoms with Gasteiger partial charge in [0, 0.05) is 44.6 Å². The molecule has 0 radical (unpaired) electrons. The van der Waals surface area contributed by atoms with E-state index in [1.54, 1.807) is 24.1 Å². The van der Waals surface area contributed by atoms with E-state index in [0.717, 1.165) is 43.2 Å². The number of para-hydroxylation sites is 1. The Balaban J connectivity index is 1.49. The largest absolute Gasteiger partial charge is 0.378 e. The molecule has 2 aromatic heterocycles. The smallest absolute Gasteiger partial charge is 0.246 e. The van der Waals surface area contributed by atoms with Crippen LogP contribution in [-0.4, -0.2) is 53.5 Å². The fourth-order valence-corrected chi connectivity index (χ4v) is 3.74. The second-order valence-corrected chi connectivity index (χ2v) is 7.33. The fraction of sp³-hybridized carbons (Fsp3) is 0.273. The van der Waals surface area contributed by atoms with Crippen molar-refractivity contribution in [2.75, 3.05) is 38.3 Å². The van der Waals surface area contributed by atoms with Crippen LogP contribution in [-0.2, 0) is 16.1 Å². The summed E-state index contributed by atoms with van der Waals surface area (Å²) in [6.07, 6.45) is 5.13. The van der Waals surface area contributed by atoms with Crippen LogP contribution in [0, 0.1) is 0 Å². The standard InChI is InChI=1S/C22H23ClN4O2/c1-25(16-17-6-2-3-7-18(17)26-12-14-29-15-13-26)21(28)10-9-19-22(23)24-20-8-4-5-11-27(19)20/h2-11H,12-16H2,1H3. The summed E-state index contributed by atoms with van der Waals surface area (Å²) in [5, 5.41) is 0.376. The Kier molecular flexibility index (Phi) is 5.83. The number of morpholine rings is 1. The first-order valence-electron chi connectivity index (χ1n) is 9.60. The van der Waals surface area contributed by atoms with Gasteiger partial charge in [-0.2, -0.15) is 0 Å². The number of imidazole rings is 1. The zero-order valence-corrected chi connectivity index (χ0v) is 17.0. The molecule has 0 atom stereocenters. The second kappa shape index (κ2) is 8.68. The number of rotatable bonds is 5. The highest BCUT2D eigenvalue weighted by atomic mass is 35.5. The van der Waals surface area contributed by atoms with Gasteiger partial charge in [0.15, 0.2) is 5.15 Å². The number of benzene rings is 1. The maximum Gasteiger partial charge on any atom is 0.246 e. The van der Waals surface area contributed by atoms with Crippen LogP contribution in [0.2, 0.25) is 5.15 Å². The maximum absolute atomic E-state index is 12.7. The number of carbonyl (C=O) groups is 1. The number of halogens is 1. The molecule has 1 amide bonds. The van der Waals surface area contributed by atoms with Gasteiger partial charge in [-0.25, -0.2) is 4.98 Å². The third-order valence-corrected chi connectivity index (χ3v) is 5.31. The number of pyridine rings is 1. The lowest BCUT2D eigenvalue weighted by atomic mass is 10.1. The Bertz CT molecular complexity index is 1040. The van der Waals surface area contributed by atoms with Gasteiger partial charge in [0.1, 0.15) is 5.65 Å². The van der Waals surface area contributed by atoms with E-state index < -0.39 is 0 Å². The fourth-order valence-electron chi connectivity index (χ4n) is 3.50. The first-order chi connectivity index (χ1) is 14.1. The highest BCUT2D eigenvalue weighted by Gasteiger charge is 2.16. The van der Waals surface area contributed by atoms with Crippen LogP contribution in [0.25, 0.3) is 11.7 Å². The summed E-state index contributed by atoms with van der Waals surface area (Å²) < 4.78 is 7.32. The van der Waals surface area contributed by atoms with Crippen LogP contribution in [0.15, 0.2) is 54.7 Å². The molecule has 1 aromatic carbocycles. The predicted octanol–water partition coefficient (Wildman–Crippen LogP) is 3.50. The Hall–Kier alpha value is -2.83. The van der Waals surface area contributed by atoms with Gasteiger partial charge in [-0.15, -0.1) is 0 Å². The summed E-state index contributed by atoms with van der Waals surface area (Å²) in [5.74, 6) is -0.0938. The van der Waals surface area contributed by atoms with Crippen molar-refractivity contribution in [2.45, 2.75) is 6.54 Å². The SMILES string of the molecule is CN(Cc1ccccc1N1CCOCC1)C(=O)C=Cc1c(Cl)nc2ccccn12. The number of ether oxygens (including phenoxy) is 1. The Morgan fingerprint density at radius 1 is 1.21 bits per heavy atom. The van der Waals surface area contributed by atoms with Gasteiger partial charge in [0.25, 0.3) is 0 Å². The number of hydrogen-bond acceptors (Lipinski definition) is 4. The van der Waals surface area contributed by atoms with E-state index in [4.69, 9.17) is 16.3 Å². The summed E-state index contributed by atoms with van der Waals surface area (Å²) in [7, 11) is 1.80. The third kappa shape index (κ3) is 4.28. The average molecular weight is 411 g/mol. The number of likely N-dealkylation sites (N-methyl/N-ethyl adjacent to an activating group) is 1. The maximum atomic E-state index is 12.7. The van der Waals surface area contributed by atoms with Crippen molar-refractivity contribution in [1.29, 1.82) is 0 Å². The van der Waals surface area contributed by atoms with Crippen molar-refractivity contribution in [3.8, 4) is 0 Å². The zero-order chi connectivity index (χ0) is 20.2. The molecule has 0 aliphatic carbocycles. The summed E-state index contributed by atoms with van der Waals surface area (Å²) in [6, 6.07) is 13.9. The van der Waals surface area contributed by atoms with Crippen molar-refractivity contribution in [3.63, 3.8) is 0 Å². The zero-order valence-electron chi connectivity index (χ0n) is 16.3. The molecule has 150 valence electrons. The van der Waals surface area contributed by atoms with E-state index in [-0.39, 0.29) is 5.91 Å². The van der Waals surface area contributed by atoms with E-state index >= 15 is 0 Å². The molecule has 4 rings (SSSR count). The molecule has 0 spiro atoms. The van der Waals surface area contributed by atoms with Crippen LogP contribution in [0.5, 0.6) is 0 Å². The number of anilines is 1. The van der Waals surface area contributed by atoms with E-state index in [1.807, 2.05) is 40.9 Å². The molecule has 1 fully saturated rings. The van der Waals surface area contributed by atoms with Crippen LogP contribution >= 0.6 is 11.6 Å². The first-order valence-corrected chi connectivity index (χ1v) is 9.97. The number of aromatic nitrogens is 2. The summed E-state index contributed by atoms with van der Waals surface area (Å²) in [5.41, 5.74) is 3.71. The highest BCUT2D eigenvalue weighted by Crippen LogP contribution is 2.23. The molecule has 0 N–H and O–H groups in total. The number of fused-ring (bicyclic) bond motifs is 1. The Morgan fingerprint density at radius 2 is 1.97 bits per heavy atom.